The molecule has 0 atom stereocenters. The van der Waals surface area contributed by atoms with Gasteiger partial charge in [-0.25, -0.2) is 22.7 Å². The number of carbonyl (C=O) groups excluding carboxylic acids is 1. The molecule has 0 aliphatic carbocycles. The van der Waals surface area contributed by atoms with Crippen LogP contribution in [0.2, 0.25) is 0 Å². The third-order valence-corrected chi connectivity index (χ3v) is 6.47. The van der Waals surface area contributed by atoms with Gasteiger partial charge >= 0.3 is 0 Å². The summed E-state index contributed by atoms with van der Waals surface area (Å²) in [5.41, 5.74) is 1.92. The lowest BCUT2D eigenvalue weighted by atomic mass is 9.97. The van der Waals surface area contributed by atoms with Crippen LogP contribution in [-0.2, 0) is 16.6 Å². The molecule has 156 valence electrons. The van der Waals surface area contributed by atoms with Gasteiger partial charge in [0.15, 0.2) is 0 Å². The third kappa shape index (κ3) is 5.10. The molecule has 1 N–H and O–H groups in total. The number of nitrogens with zero attached hydrogens (tertiary/aromatic N) is 3. The van der Waals surface area contributed by atoms with Crippen molar-refractivity contribution in [3.8, 4) is 5.75 Å². The Bertz CT molecular complexity index is 986. The van der Waals surface area contributed by atoms with Gasteiger partial charge in [-0.2, -0.15) is 0 Å². The van der Waals surface area contributed by atoms with Crippen molar-refractivity contribution >= 4 is 15.9 Å². The summed E-state index contributed by atoms with van der Waals surface area (Å²) in [4.78, 5) is 21.5. The van der Waals surface area contributed by atoms with E-state index in [2.05, 4.69) is 15.3 Å². The monoisotopic (exact) mass is 418 g/mol. The van der Waals surface area contributed by atoms with Gasteiger partial charge in [-0.15, -0.1) is 0 Å². The highest BCUT2D eigenvalue weighted by molar-refractivity contribution is 7.88. The fourth-order valence-electron chi connectivity index (χ4n) is 3.47. The molecule has 1 aromatic heterocycles. The van der Waals surface area contributed by atoms with Crippen LogP contribution in [0, 0.1) is 6.92 Å². The van der Waals surface area contributed by atoms with E-state index in [4.69, 9.17) is 4.74 Å². The van der Waals surface area contributed by atoms with Gasteiger partial charge < -0.3 is 10.1 Å². The molecule has 1 aromatic carbocycles. The summed E-state index contributed by atoms with van der Waals surface area (Å²) in [6, 6.07) is 7.51. The smallest absolute Gasteiger partial charge is 0.254 e. The second-order valence-electron chi connectivity index (χ2n) is 7.16. The number of ether oxygens (including phenoxy) is 1. The summed E-state index contributed by atoms with van der Waals surface area (Å²) in [7, 11) is -1.57. The number of para-hydroxylation sites is 1. The fourth-order valence-corrected chi connectivity index (χ4v) is 4.34. The Morgan fingerprint density at radius 2 is 1.97 bits per heavy atom. The molecule has 8 nitrogen and oxygen atoms in total. The van der Waals surface area contributed by atoms with E-state index in [0.29, 0.717) is 49.6 Å². The van der Waals surface area contributed by atoms with Crippen LogP contribution in [0.5, 0.6) is 5.75 Å². The molecule has 1 aliphatic heterocycles. The van der Waals surface area contributed by atoms with E-state index in [0.717, 1.165) is 11.3 Å². The summed E-state index contributed by atoms with van der Waals surface area (Å²) >= 11 is 0. The summed E-state index contributed by atoms with van der Waals surface area (Å²) in [5.74, 6) is 1.23. The SMILES string of the molecule is COc1ccccc1CNC(=O)c1cnc(C2CCN(S(C)(=O)=O)CC2)nc1C. The highest BCUT2D eigenvalue weighted by Crippen LogP contribution is 2.27. The van der Waals surface area contributed by atoms with E-state index < -0.39 is 10.0 Å². The largest absolute Gasteiger partial charge is 0.496 e. The zero-order chi connectivity index (χ0) is 21.0. The lowest BCUT2D eigenvalue weighted by Crippen LogP contribution is -2.37. The average Bonchev–Trinajstić information content (AvgIpc) is 2.71. The highest BCUT2D eigenvalue weighted by Gasteiger charge is 2.27. The summed E-state index contributed by atoms with van der Waals surface area (Å²) < 4.78 is 30.1. The number of aromatic nitrogens is 2. The molecule has 9 heteroatoms. The maximum atomic E-state index is 12.6. The van der Waals surface area contributed by atoms with Crippen LogP contribution in [0.1, 0.15) is 46.2 Å². The number of hydrogen-bond acceptors (Lipinski definition) is 6. The first-order valence-corrected chi connectivity index (χ1v) is 11.3. The van der Waals surface area contributed by atoms with Crippen LogP contribution in [0.15, 0.2) is 30.5 Å². The van der Waals surface area contributed by atoms with Gasteiger partial charge in [-0.3, -0.25) is 4.79 Å². The fraction of sp³-hybridized carbons (Fsp3) is 0.450. The zero-order valence-electron chi connectivity index (χ0n) is 16.9. The Hall–Kier alpha value is -2.52. The molecule has 0 unspecified atom stereocenters. The van der Waals surface area contributed by atoms with E-state index in [1.54, 1.807) is 20.2 Å². The van der Waals surface area contributed by atoms with Crippen LogP contribution in [-0.4, -0.2) is 55.1 Å². The third-order valence-electron chi connectivity index (χ3n) is 5.16. The minimum Gasteiger partial charge on any atom is -0.496 e. The number of hydrogen-bond donors (Lipinski definition) is 1. The summed E-state index contributed by atoms with van der Waals surface area (Å²) in [6.07, 6.45) is 4.13. The van der Waals surface area contributed by atoms with Crippen LogP contribution in [0.3, 0.4) is 0 Å². The number of benzene rings is 1. The van der Waals surface area contributed by atoms with Gasteiger partial charge in [-0.05, 0) is 25.8 Å². The lowest BCUT2D eigenvalue weighted by Gasteiger charge is -2.29. The number of piperidine rings is 1. The molecule has 1 saturated heterocycles. The van der Waals surface area contributed by atoms with Crippen molar-refractivity contribution in [3.63, 3.8) is 0 Å². The van der Waals surface area contributed by atoms with E-state index >= 15 is 0 Å². The first kappa shape index (κ1) is 21.2. The van der Waals surface area contributed by atoms with Gasteiger partial charge in [0, 0.05) is 37.3 Å². The molecule has 1 amide bonds. The predicted molar refractivity (Wildman–Crippen MR) is 109 cm³/mol. The predicted octanol–water partition coefficient (Wildman–Crippen LogP) is 1.86. The molecule has 0 spiro atoms. The van der Waals surface area contributed by atoms with Crippen LogP contribution in [0.25, 0.3) is 0 Å². The molecule has 2 aromatic rings. The first-order valence-electron chi connectivity index (χ1n) is 9.48. The van der Waals surface area contributed by atoms with Gasteiger partial charge in [0.05, 0.1) is 24.6 Å². The Morgan fingerprint density at radius 3 is 2.59 bits per heavy atom. The molecular formula is C20H26N4O4S. The number of aryl methyl sites for hydroxylation is 1. The maximum absolute atomic E-state index is 12.6. The molecule has 1 aliphatic rings. The van der Waals surface area contributed by atoms with Crippen LogP contribution in [0.4, 0.5) is 0 Å². The van der Waals surface area contributed by atoms with Gasteiger partial charge in [0.2, 0.25) is 10.0 Å². The molecule has 3 rings (SSSR count). The Labute approximate surface area is 171 Å². The van der Waals surface area contributed by atoms with Crippen molar-refractivity contribution in [2.24, 2.45) is 0 Å². The maximum Gasteiger partial charge on any atom is 0.254 e. The van der Waals surface area contributed by atoms with Crippen molar-refractivity contribution in [1.82, 2.24) is 19.6 Å². The minimum atomic E-state index is -3.16. The van der Waals surface area contributed by atoms with E-state index in [1.807, 2.05) is 24.3 Å². The minimum absolute atomic E-state index is 0.0948. The second-order valence-corrected chi connectivity index (χ2v) is 9.14. The molecule has 0 bridgehead atoms. The number of carbonyl (C=O) groups is 1. The Balaban J connectivity index is 1.64. The number of nitrogens with one attached hydrogen (secondary N) is 1. The lowest BCUT2D eigenvalue weighted by molar-refractivity contribution is 0.0949. The molecule has 29 heavy (non-hydrogen) atoms. The van der Waals surface area contributed by atoms with Crippen molar-refractivity contribution in [3.05, 3.63) is 53.1 Å². The van der Waals surface area contributed by atoms with Crippen LogP contribution < -0.4 is 10.1 Å². The van der Waals surface area contributed by atoms with Crippen molar-refractivity contribution < 1.29 is 17.9 Å². The molecule has 2 heterocycles. The van der Waals surface area contributed by atoms with Gasteiger partial charge in [0.25, 0.3) is 5.91 Å². The van der Waals surface area contributed by atoms with E-state index in [9.17, 15) is 13.2 Å². The van der Waals surface area contributed by atoms with Gasteiger partial charge in [-0.1, -0.05) is 18.2 Å². The standard InChI is InChI=1S/C20H26N4O4S/c1-14-17(20(25)22-12-16-6-4-5-7-18(16)28-2)13-21-19(23-14)15-8-10-24(11-9-15)29(3,26)27/h4-7,13,15H,8-12H2,1-3H3,(H,22,25). The van der Waals surface area contributed by atoms with E-state index in [1.165, 1.54) is 10.6 Å². The first-order chi connectivity index (χ1) is 13.8. The average molecular weight is 419 g/mol. The number of sulfonamides is 1. The number of rotatable bonds is 6. The van der Waals surface area contributed by atoms with Gasteiger partial charge in [0.1, 0.15) is 11.6 Å². The number of methoxy groups -OCH3 is 1. The highest BCUT2D eigenvalue weighted by atomic mass is 32.2. The van der Waals surface area contributed by atoms with Crippen molar-refractivity contribution in [2.75, 3.05) is 26.5 Å². The molecule has 0 radical (unpaired) electrons. The zero-order valence-corrected chi connectivity index (χ0v) is 17.7. The Kier molecular flexibility index (Phi) is 6.49. The topological polar surface area (TPSA) is 101 Å². The number of amides is 1. The quantitative estimate of drug-likeness (QED) is 0.768. The van der Waals surface area contributed by atoms with Crippen molar-refractivity contribution in [1.29, 1.82) is 0 Å². The second kappa shape index (κ2) is 8.87. The van der Waals surface area contributed by atoms with E-state index in [-0.39, 0.29) is 11.8 Å². The molecule has 1 fully saturated rings. The normalized spacial score (nSPS) is 15.8. The van der Waals surface area contributed by atoms with Crippen molar-refractivity contribution in [2.45, 2.75) is 32.2 Å². The Morgan fingerprint density at radius 1 is 1.28 bits per heavy atom. The van der Waals surface area contributed by atoms with Crippen LogP contribution >= 0.6 is 0 Å². The summed E-state index contributed by atoms with van der Waals surface area (Å²) in [6.45, 7) is 3.06. The summed E-state index contributed by atoms with van der Waals surface area (Å²) in [5, 5.41) is 2.88. The molecular weight excluding hydrogens is 392 g/mol. The molecule has 0 saturated carbocycles.